The zero-order chi connectivity index (χ0) is 24.0. The molecule has 1 unspecified atom stereocenters. The first-order chi connectivity index (χ1) is 14.9. The summed E-state index contributed by atoms with van der Waals surface area (Å²) < 4.78 is 6.71. The van der Waals surface area contributed by atoms with E-state index < -0.39 is 8.32 Å². The Kier molecular flexibility index (Phi) is 8.28. The lowest BCUT2D eigenvalue weighted by Crippen LogP contribution is -2.47. The number of hydrogen-bond acceptors (Lipinski definition) is 2. The molecule has 0 bridgehead atoms. The summed E-state index contributed by atoms with van der Waals surface area (Å²) in [5.41, 5.74) is 1.30. The quantitative estimate of drug-likeness (QED) is 0.252. The van der Waals surface area contributed by atoms with E-state index in [0.29, 0.717) is 0 Å². The van der Waals surface area contributed by atoms with E-state index in [-0.39, 0.29) is 22.5 Å². The fourth-order valence-corrected chi connectivity index (χ4v) is 4.38. The van der Waals surface area contributed by atoms with Gasteiger partial charge in [0.05, 0.1) is 0 Å². The van der Waals surface area contributed by atoms with Crippen LogP contribution in [0.1, 0.15) is 41.0 Å². The highest BCUT2D eigenvalue weighted by atomic mass is 28.4. The maximum atomic E-state index is 13.4. The van der Waals surface area contributed by atoms with Gasteiger partial charge in [-0.2, -0.15) is 0 Å². The molecule has 0 aliphatic carbocycles. The molecule has 0 heterocycles. The average molecular weight is 448 g/mol. The molecule has 2 aromatic rings. The smallest absolute Gasteiger partial charge is 0.307 e. The number of para-hydroxylation sites is 2. The SMILES string of the molecule is C=CCC(C)(C)C(C#CC(=O)N(c1ccccc1)c1ccccc1)O[Si](C)(C)C(C)(C)C. The van der Waals surface area contributed by atoms with Crippen LogP contribution in [0.15, 0.2) is 73.3 Å². The molecule has 1 amide bonds. The van der Waals surface area contributed by atoms with Crippen molar-refractivity contribution in [2.45, 2.75) is 65.3 Å². The highest BCUT2D eigenvalue weighted by molar-refractivity contribution is 6.74. The minimum absolute atomic E-state index is 0.0430. The van der Waals surface area contributed by atoms with Gasteiger partial charge < -0.3 is 4.43 Å². The van der Waals surface area contributed by atoms with Crippen molar-refractivity contribution in [2.24, 2.45) is 5.41 Å². The normalized spacial score (nSPS) is 13.0. The first-order valence-corrected chi connectivity index (χ1v) is 14.0. The largest absolute Gasteiger partial charge is 0.403 e. The molecule has 0 aliphatic heterocycles. The van der Waals surface area contributed by atoms with Crippen LogP contribution in [0.25, 0.3) is 0 Å². The number of rotatable bonds is 7. The summed E-state index contributed by atoms with van der Waals surface area (Å²) in [4.78, 5) is 15.0. The van der Waals surface area contributed by atoms with Gasteiger partial charge in [0.1, 0.15) is 6.10 Å². The van der Waals surface area contributed by atoms with Crippen LogP contribution in [-0.4, -0.2) is 20.3 Å². The third-order valence-electron chi connectivity index (χ3n) is 6.14. The van der Waals surface area contributed by atoms with Crippen LogP contribution in [0, 0.1) is 17.3 Å². The van der Waals surface area contributed by atoms with Crippen LogP contribution in [-0.2, 0) is 9.22 Å². The summed E-state index contributed by atoms with van der Waals surface area (Å²) in [5, 5.41) is 0.0430. The maximum Gasteiger partial charge on any atom is 0.307 e. The molecular weight excluding hydrogens is 410 g/mol. The van der Waals surface area contributed by atoms with E-state index in [1.54, 1.807) is 4.90 Å². The van der Waals surface area contributed by atoms with Gasteiger partial charge in [0, 0.05) is 16.8 Å². The molecule has 0 aliphatic rings. The first-order valence-electron chi connectivity index (χ1n) is 11.1. The molecule has 2 aromatic carbocycles. The third-order valence-corrected chi connectivity index (χ3v) is 10.6. The molecule has 0 aromatic heterocycles. The molecule has 32 heavy (non-hydrogen) atoms. The molecule has 1 atom stereocenters. The Balaban J connectivity index is 2.46. The highest BCUT2D eigenvalue weighted by Gasteiger charge is 2.42. The second-order valence-corrected chi connectivity index (χ2v) is 15.1. The lowest BCUT2D eigenvalue weighted by Gasteiger charge is -2.42. The number of nitrogens with zero attached hydrogens (tertiary/aromatic N) is 1. The lowest BCUT2D eigenvalue weighted by atomic mass is 9.83. The van der Waals surface area contributed by atoms with Gasteiger partial charge in [0.25, 0.3) is 0 Å². The van der Waals surface area contributed by atoms with Crippen LogP contribution in [0.3, 0.4) is 0 Å². The number of anilines is 2. The summed E-state index contributed by atoms with van der Waals surface area (Å²) in [6, 6.07) is 19.2. The summed E-state index contributed by atoms with van der Waals surface area (Å²) in [6.45, 7) is 19.2. The summed E-state index contributed by atoms with van der Waals surface area (Å²) >= 11 is 0. The van der Waals surface area contributed by atoms with E-state index in [0.717, 1.165) is 17.8 Å². The molecule has 0 saturated heterocycles. The third kappa shape index (κ3) is 6.45. The molecular formula is C28H37NO2Si. The molecule has 0 spiro atoms. The van der Waals surface area contributed by atoms with Gasteiger partial charge in [0.2, 0.25) is 0 Å². The van der Waals surface area contributed by atoms with Crippen LogP contribution in [0.5, 0.6) is 0 Å². The van der Waals surface area contributed by atoms with Crippen molar-refractivity contribution in [2.75, 3.05) is 4.90 Å². The predicted octanol–water partition coefficient (Wildman–Crippen LogP) is 7.35. The van der Waals surface area contributed by atoms with Crippen molar-refractivity contribution in [3.63, 3.8) is 0 Å². The standard InChI is InChI=1S/C28H37NO2Si/c1-9-22-28(5,6)25(31-32(7,8)27(2,3)4)20-21-26(30)29(23-16-12-10-13-17-23)24-18-14-11-15-19-24/h9-19,25H,1,22H2,2-8H3. The topological polar surface area (TPSA) is 29.5 Å². The number of carbonyl (C=O) groups excluding carboxylic acids is 1. The Labute approximate surface area is 195 Å². The van der Waals surface area contributed by atoms with Gasteiger partial charge in [-0.25, -0.2) is 0 Å². The van der Waals surface area contributed by atoms with Gasteiger partial charge in [-0.3, -0.25) is 9.69 Å². The summed E-state index contributed by atoms with van der Waals surface area (Å²) in [6.07, 6.45) is 2.26. The zero-order valence-corrected chi connectivity index (χ0v) is 21.6. The number of benzene rings is 2. The minimum atomic E-state index is -2.10. The van der Waals surface area contributed by atoms with Gasteiger partial charge >= 0.3 is 5.91 Å². The number of allylic oxidation sites excluding steroid dienone is 1. The fourth-order valence-electron chi connectivity index (χ4n) is 3.06. The van der Waals surface area contributed by atoms with Crippen LogP contribution >= 0.6 is 0 Å². The van der Waals surface area contributed by atoms with E-state index >= 15 is 0 Å². The molecule has 4 heteroatoms. The van der Waals surface area contributed by atoms with Crippen LogP contribution < -0.4 is 4.90 Å². The van der Waals surface area contributed by atoms with E-state index in [4.69, 9.17) is 4.43 Å². The van der Waals surface area contributed by atoms with E-state index in [2.05, 4.69) is 66.1 Å². The van der Waals surface area contributed by atoms with Gasteiger partial charge in [-0.15, -0.1) is 6.58 Å². The van der Waals surface area contributed by atoms with Crippen LogP contribution in [0.4, 0.5) is 11.4 Å². The Hall–Kier alpha value is -2.61. The van der Waals surface area contributed by atoms with Crippen molar-refractivity contribution < 1.29 is 9.22 Å². The average Bonchev–Trinajstić information content (AvgIpc) is 2.72. The summed E-state index contributed by atoms with van der Waals surface area (Å²) in [7, 11) is -2.10. The van der Waals surface area contributed by atoms with E-state index in [9.17, 15) is 4.79 Å². The first kappa shape index (κ1) is 25.6. The molecule has 0 saturated carbocycles. The Morgan fingerprint density at radius 1 is 1.00 bits per heavy atom. The monoisotopic (exact) mass is 447 g/mol. The molecule has 2 rings (SSSR count). The Morgan fingerprint density at radius 3 is 1.88 bits per heavy atom. The summed E-state index contributed by atoms with van der Waals surface area (Å²) in [5.74, 6) is 5.86. The molecule has 0 radical (unpaired) electrons. The number of amides is 1. The van der Waals surface area contributed by atoms with E-state index in [1.807, 2.05) is 66.7 Å². The molecule has 0 N–H and O–H groups in total. The van der Waals surface area contributed by atoms with Gasteiger partial charge in [-0.05, 0) is 54.7 Å². The van der Waals surface area contributed by atoms with Crippen molar-refractivity contribution in [3.8, 4) is 11.8 Å². The van der Waals surface area contributed by atoms with Crippen LogP contribution in [0.2, 0.25) is 18.1 Å². The van der Waals surface area contributed by atoms with Crippen molar-refractivity contribution in [1.29, 1.82) is 0 Å². The molecule has 0 fully saturated rings. The maximum absolute atomic E-state index is 13.4. The van der Waals surface area contributed by atoms with Crippen molar-refractivity contribution >= 4 is 25.6 Å². The molecule has 3 nitrogen and oxygen atoms in total. The second-order valence-electron chi connectivity index (χ2n) is 10.3. The number of carbonyl (C=O) groups is 1. The Bertz CT molecular complexity index is 924. The van der Waals surface area contributed by atoms with Crippen molar-refractivity contribution in [3.05, 3.63) is 73.3 Å². The lowest BCUT2D eigenvalue weighted by molar-refractivity contribution is -0.112. The van der Waals surface area contributed by atoms with Gasteiger partial charge in [-0.1, -0.05) is 83.0 Å². The predicted molar refractivity (Wildman–Crippen MR) is 138 cm³/mol. The molecule has 170 valence electrons. The number of hydrogen-bond donors (Lipinski definition) is 0. The highest BCUT2D eigenvalue weighted by Crippen LogP contribution is 2.40. The van der Waals surface area contributed by atoms with Gasteiger partial charge in [0.15, 0.2) is 8.32 Å². The van der Waals surface area contributed by atoms with Crippen molar-refractivity contribution in [1.82, 2.24) is 0 Å². The Morgan fingerprint density at radius 2 is 1.47 bits per heavy atom. The van der Waals surface area contributed by atoms with E-state index in [1.165, 1.54) is 0 Å². The second kappa shape index (κ2) is 10.3. The zero-order valence-electron chi connectivity index (χ0n) is 20.6. The minimum Gasteiger partial charge on any atom is -0.403 e. The fraction of sp³-hybridized carbons (Fsp3) is 0.393.